The number of aromatic hydroxyl groups is 1. The van der Waals surface area contributed by atoms with Crippen molar-refractivity contribution >= 4 is 27.8 Å². The summed E-state index contributed by atoms with van der Waals surface area (Å²) in [5.74, 6) is 0.417. The summed E-state index contributed by atoms with van der Waals surface area (Å²) in [5, 5.41) is 15.7. The summed E-state index contributed by atoms with van der Waals surface area (Å²) < 4.78 is 39.4. The Hall–Kier alpha value is -4.14. The zero-order valence-electron chi connectivity index (χ0n) is 16.4. The molecule has 0 radical (unpaired) electrons. The van der Waals surface area contributed by atoms with Gasteiger partial charge in [-0.2, -0.15) is 13.2 Å². The number of hydrogen-bond donors (Lipinski definition) is 3. The van der Waals surface area contributed by atoms with E-state index in [-0.39, 0.29) is 5.75 Å². The van der Waals surface area contributed by atoms with Crippen LogP contribution >= 0.6 is 0 Å². The highest BCUT2D eigenvalue weighted by Gasteiger charge is 2.31. The van der Waals surface area contributed by atoms with Crippen molar-refractivity contribution in [3.05, 3.63) is 90.0 Å². The number of nitrogens with zero attached hydrogens (tertiary/aromatic N) is 3. The number of nitrogens with one attached hydrogen (secondary N) is 2. The summed E-state index contributed by atoms with van der Waals surface area (Å²) in [6.07, 6.45) is -1.62. The maximum atomic E-state index is 13.1. The highest BCUT2D eigenvalue weighted by molar-refractivity contribution is 5.90. The lowest BCUT2D eigenvalue weighted by molar-refractivity contribution is -0.137. The molecule has 32 heavy (non-hydrogen) atoms. The van der Waals surface area contributed by atoms with Gasteiger partial charge in [0.25, 0.3) is 0 Å². The quantitative estimate of drug-likeness (QED) is 0.350. The molecule has 2 aromatic heterocycles. The lowest BCUT2D eigenvalue weighted by Gasteiger charge is -2.23. The van der Waals surface area contributed by atoms with Crippen molar-refractivity contribution in [2.45, 2.75) is 12.2 Å². The monoisotopic (exact) mass is 435 g/mol. The summed E-state index contributed by atoms with van der Waals surface area (Å²) >= 11 is 0. The molecular weight excluding hydrogens is 419 g/mol. The van der Waals surface area contributed by atoms with Crippen molar-refractivity contribution in [1.29, 1.82) is 0 Å². The van der Waals surface area contributed by atoms with Gasteiger partial charge in [-0.1, -0.05) is 42.5 Å². The normalized spacial score (nSPS) is 12.8. The van der Waals surface area contributed by atoms with Gasteiger partial charge < -0.3 is 15.4 Å². The maximum absolute atomic E-state index is 13.1. The second kappa shape index (κ2) is 7.52. The van der Waals surface area contributed by atoms with Gasteiger partial charge in [0.05, 0.1) is 17.9 Å². The van der Waals surface area contributed by atoms with Crippen molar-refractivity contribution < 1.29 is 18.3 Å². The van der Waals surface area contributed by atoms with Crippen LogP contribution in [0.25, 0.3) is 21.9 Å². The molecule has 160 valence electrons. The number of imidazole rings is 1. The van der Waals surface area contributed by atoms with Crippen LogP contribution in [0.4, 0.5) is 19.0 Å². The fourth-order valence-corrected chi connectivity index (χ4v) is 3.79. The van der Waals surface area contributed by atoms with Gasteiger partial charge in [0.2, 0.25) is 0 Å². The molecule has 0 spiro atoms. The Morgan fingerprint density at radius 2 is 1.69 bits per heavy atom. The van der Waals surface area contributed by atoms with Crippen molar-refractivity contribution in [3.8, 4) is 5.75 Å². The summed E-state index contributed by atoms with van der Waals surface area (Å²) in [6.45, 7) is 0. The van der Waals surface area contributed by atoms with E-state index >= 15 is 0 Å². The first-order valence-corrected chi connectivity index (χ1v) is 9.70. The zero-order chi connectivity index (χ0) is 22.3. The first-order valence-electron chi connectivity index (χ1n) is 9.70. The number of fused-ring (bicyclic) bond motifs is 2. The van der Waals surface area contributed by atoms with E-state index in [1.165, 1.54) is 24.8 Å². The van der Waals surface area contributed by atoms with Crippen molar-refractivity contribution in [1.82, 2.24) is 19.9 Å². The highest BCUT2D eigenvalue weighted by atomic mass is 19.4. The van der Waals surface area contributed by atoms with Crippen LogP contribution in [-0.2, 0) is 6.18 Å². The number of aromatic nitrogens is 4. The lowest BCUT2D eigenvalue weighted by atomic mass is 9.92. The Morgan fingerprint density at radius 1 is 0.906 bits per heavy atom. The van der Waals surface area contributed by atoms with Crippen LogP contribution in [0.3, 0.4) is 0 Å². The molecule has 0 fully saturated rings. The maximum Gasteiger partial charge on any atom is 0.416 e. The fraction of sp³-hybridized carbons (Fsp3) is 0.0870. The average molecular weight is 435 g/mol. The Morgan fingerprint density at radius 3 is 2.47 bits per heavy atom. The van der Waals surface area contributed by atoms with Crippen LogP contribution in [0.2, 0.25) is 0 Å². The summed E-state index contributed by atoms with van der Waals surface area (Å²) in [4.78, 5) is 15.5. The van der Waals surface area contributed by atoms with Crippen LogP contribution < -0.4 is 5.32 Å². The summed E-state index contributed by atoms with van der Waals surface area (Å²) in [7, 11) is 0. The fourth-order valence-electron chi connectivity index (χ4n) is 3.79. The van der Waals surface area contributed by atoms with Gasteiger partial charge in [-0.25, -0.2) is 15.0 Å². The minimum absolute atomic E-state index is 0.0102. The number of phenols is 1. The molecule has 0 aliphatic heterocycles. The molecule has 0 bridgehead atoms. The van der Waals surface area contributed by atoms with Crippen molar-refractivity contribution in [2.75, 3.05) is 5.32 Å². The third-order valence-corrected chi connectivity index (χ3v) is 5.31. The number of halogens is 3. The molecule has 9 heteroatoms. The molecule has 1 atom stereocenters. The van der Waals surface area contributed by atoms with E-state index < -0.39 is 17.8 Å². The predicted octanol–water partition coefficient (Wildman–Crippen LogP) is 5.43. The SMILES string of the molecule is Oc1ccc2ccccc2c1C(Nc1ncnc2nc[nH]c12)c1ccc(C(F)(F)F)cc1. The number of aromatic amines is 1. The molecule has 5 aromatic rings. The number of anilines is 1. The van der Waals surface area contributed by atoms with E-state index in [1.807, 2.05) is 24.3 Å². The summed E-state index contributed by atoms with van der Waals surface area (Å²) in [6, 6.07) is 15.0. The van der Waals surface area contributed by atoms with E-state index in [0.29, 0.717) is 28.1 Å². The third-order valence-electron chi connectivity index (χ3n) is 5.31. The second-order valence-corrected chi connectivity index (χ2v) is 7.24. The average Bonchev–Trinajstić information content (AvgIpc) is 3.27. The molecule has 1 unspecified atom stereocenters. The molecule has 2 heterocycles. The highest BCUT2D eigenvalue weighted by Crippen LogP contribution is 2.39. The number of alkyl halides is 3. The van der Waals surface area contributed by atoms with E-state index in [2.05, 4.69) is 25.3 Å². The molecule has 0 aliphatic carbocycles. The molecule has 3 aromatic carbocycles. The number of rotatable bonds is 4. The molecule has 0 saturated heterocycles. The van der Waals surface area contributed by atoms with Gasteiger partial charge in [0.15, 0.2) is 11.5 Å². The van der Waals surface area contributed by atoms with Crippen LogP contribution in [0.15, 0.2) is 73.3 Å². The Labute approximate surface area is 179 Å². The van der Waals surface area contributed by atoms with Gasteiger partial charge in [-0.15, -0.1) is 0 Å². The Balaban J connectivity index is 1.70. The molecule has 6 nitrogen and oxygen atoms in total. The van der Waals surface area contributed by atoms with Gasteiger partial charge in [-0.05, 0) is 34.5 Å². The lowest BCUT2D eigenvalue weighted by Crippen LogP contribution is -2.15. The first-order chi connectivity index (χ1) is 15.4. The Bertz CT molecular complexity index is 1410. The predicted molar refractivity (Wildman–Crippen MR) is 114 cm³/mol. The van der Waals surface area contributed by atoms with Crippen molar-refractivity contribution in [3.63, 3.8) is 0 Å². The van der Waals surface area contributed by atoms with Crippen LogP contribution in [0.5, 0.6) is 5.75 Å². The van der Waals surface area contributed by atoms with Crippen molar-refractivity contribution in [2.24, 2.45) is 0 Å². The molecular formula is C23H16F3N5O. The molecule has 5 rings (SSSR count). The van der Waals surface area contributed by atoms with Gasteiger partial charge in [-0.3, -0.25) is 0 Å². The second-order valence-electron chi connectivity index (χ2n) is 7.24. The minimum Gasteiger partial charge on any atom is -0.508 e. The molecule has 0 aliphatic rings. The van der Waals surface area contributed by atoms with E-state index in [4.69, 9.17) is 0 Å². The number of hydrogen-bond acceptors (Lipinski definition) is 5. The van der Waals surface area contributed by atoms with Crippen LogP contribution in [-0.4, -0.2) is 25.0 Å². The van der Waals surface area contributed by atoms with E-state index in [0.717, 1.165) is 22.9 Å². The van der Waals surface area contributed by atoms with E-state index in [1.54, 1.807) is 12.1 Å². The third kappa shape index (κ3) is 3.47. The molecule has 0 amide bonds. The van der Waals surface area contributed by atoms with Crippen LogP contribution in [0.1, 0.15) is 22.7 Å². The van der Waals surface area contributed by atoms with Gasteiger partial charge in [0.1, 0.15) is 17.6 Å². The van der Waals surface area contributed by atoms with E-state index in [9.17, 15) is 18.3 Å². The van der Waals surface area contributed by atoms with Gasteiger partial charge >= 0.3 is 6.18 Å². The molecule has 0 saturated carbocycles. The number of benzene rings is 3. The largest absolute Gasteiger partial charge is 0.508 e. The summed E-state index contributed by atoms with van der Waals surface area (Å²) in [5.41, 5.74) is 1.28. The topological polar surface area (TPSA) is 86.7 Å². The van der Waals surface area contributed by atoms with Crippen LogP contribution in [0, 0.1) is 0 Å². The Kier molecular flexibility index (Phi) is 4.66. The molecule has 3 N–H and O–H groups in total. The number of phenolic OH excluding ortho intramolecular Hbond substituents is 1. The number of H-pyrrole nitrogens is 1. The van der Waals surface area contributed by atoms with Gasteiger partial charge in [0, 0.05) is 5.56 Å². The standard InChI is InChI=1S/C23H16F3N5O/c24-23(25,26)15-8-5-14(6-9-15)19(31-22-20-21(28-11-27-20)29-12-30-22)18-16-4-2-1-3-13(16)7-10-17(18)32/h1-12,19,32H,(H2,27,28,29,30,31). The minimum atomic E-state index is -4.45. The zero-order valence-corrected chi connectivity index (χ0v) is 16.4. The smallest absolute Gasteiger partial charge is 0.416 e. The first kappa shape index (κ1) is 19.8.